The van der Waals surface area contributed by atoms with Crippen molar-refractivity contribution in [3.8, 4) is 11.5 Å². The molecule has 152 valence electrons. The Balaban J connectivity index is 1.50. The summed E-state index contributed by atoms with van der Waals surface area (Å²) >= 11 is 1.48. The molecule has 3 N–H and O–H groups in total. The fourth-order valence-electron chi connectivity index (χ4n) is 4.00. The predicted octanol–water partition coefficient (Wildman–Crippen LogP) is 4.13. The first-order chi connectivity index (χ1) is 14.0. The zero-order valence-corrected chi connectivity index (χ0v) is 17.1. The predicted molar refractivity (Wildman–Crippen MR) is 113 cm³/mol. The monoisotopic (exact) mass is 412 g/mol. The Bertz CT molecular complexity index is 979. The van der Waals surface area contributed by atoms with E-state index in [0.29, 0.717) is 28.0 Å². The number of rotatable bonds is 6. The Hall–Kier alpha value is -2.80. The minimum absolute atomic E-state index is 0.209. The van der Waals surface area contributed by atoms with Gasteiger partial charge in [0.25, 0.3) is 5.91 Å². The number of thiophene rings is 1. The van der Waals surface area contributed by atoms with Gasteiger partial charge in [0.1, 0.15) is 5.00 Å². The molecule has 0 unspecified atom stereocenters. The number of amides is 2. The molecule has 0 fully saturated rings. The molecule has 2 aliphatic rings. The van der Waals surface area contributed by atoms with Crippen LogP contribution in [0.25, 0.3) is 6.08 Å². The molecule has 1 aliphatic carbocycles. The van der Waals surface area contributed by atoms with Gasteiger partial charge in [0, 0.05) is 11.0 Å². The minimum atomic E-state index is -0.480. The highest BCUT2D eigenvalue weighted by Gasteiger charge is 2.28. The number of nitrogens with two attached hydrogens (primary N) is 1. The number of hydrogen-bond acceptors (Lipinski definition) is 5. The van der Waals surface area contributed by atoms with E-state index in [1.54, 1.807) is 6.08 Å². The van der Waals surface area contributed by atoms with E-state index >= 15 is 0 Å². The summed E-state index contributed by atoms with van der Waals surface area (Å²) in [6.07, 6.45) is 8.35. The average Bonchev–Trinajstić information content (AvgIpc) is 3.29. The molecule has 0 spiro atoms. The third-order valence-electron chi connectivity index (χ3n) is 5.37. The van der Waals surface area contributed by atoms with Gasteiger partial charge in [-0.25, -0.2) is 0 Å². The number of primary amides is 1. The van der Waals surface area contributed by atoms with E-state index in [4.69, 9.17) is 15.2 Å². The summed E-state index contributed by atoms with van der Waals surface area (Å²) in [5.41, 5.74) is 7.96. The van der Waals surface area contributed by atoms with Gasteiger partial charge in [-0.3, -0.25) is 9.59 Å². The summed E-state index contributed by atoms with van der Waals surface area (Å²) in [6.45, 7) is 2.40. The van der Waals surface area contributed by atoms with Crippen LogP contribution in [0.4, 0.5) is 5.00 Å². The first-order valence-electron chi connectivity index (χ1n) is 9.88. The molecule has 0 bridgehead atoms. The molecule has 1 aliphatic heterocycles. The maximum Gasteiger partial charge on any atom is 0.251 e. The molecule has 4 rings (SSSR count). The molecule has 6 nitrogen and oxygen atoms in total. The second-order valence-electron chi connectivity index (χ2n) is 7.40. The van der Waals surface area contributed by atoms with Crippen molar-refractivity contribution in [1.29, 1.82) is 0 Å². The Morgan fingerprint density at radius 2 is 2.14 bits per heavy atom. The number of carbonyl (C=O) groups is 2. The van der Waals surface area contributed by atoms with Gasteiger partial charge in [-0.15, -0.1) is 11.3 Å². The normalized spacial score (nSPS) is 17.3. The fourth-order valence-corrected chi connectivity index (χ4v) is 5.37. The molecule has 0 radical (unpaired) electrons. The first-order valence-corrected chi connectivity index (χ1v) is 10.7. The van der Waals surface area contributed by atoms with Gasteiger partial charge in [-0.05, 0) is 54.5 Å². The van der Waals surface area contributed by atoms with E-state index in [1.807, 2.05) is 18.2 Å². The average molecular weight is 413 g/mol. The molecule has 0 saturated heterocycles. The smallest absolute Gasteiger partial charge is 0.251 e. The highest BCUT2D eigenvalue weighted by molar-refractivity contribution is 7.17. The van der Waals surface area contributed by atoms with Crippen LogP contribution in [0.15, 0.2) is 24.3 Å². The maximum atomic E-state index is 12.5. The Kier molecular flexibility index (Phi) is 5.58. The molecular weight excluding hydrogens is 388 g/mol. The van der Waals surface area contributed by atoms with E-state index in [2.05, 4.69) is 12.2 Å². The van der Waals surface area contributed by atoms with Crippen LogP contribution in [-0.2, 0) is 17.6 Å². The first kappa shape index (κ1) is 19.5. The number of hydrogen-bond donors (Lipinski definition) is 2. The topological polar surface area (TPSA) is 90.7 Å². The van der Waals surface area contributed by atoms with E-state index < -0.39 is 5.91 Å². The summed E-state index contributed by atoms with van der Waals surface area (Å²) in [7, 11) is 0. The van der Waals surface area contributed by atoms with Gasteiger partial charge in [-0.2, -0.15) is 0 Å². The zero-order chi connectivity index (χ0) is 20.4. The second-order valence-corrected chi connectivity index (χ2v) is 8.51. The van der Waals surface area contributed by atoms with Crippen LogP contribution in [0.1, 0.15) is 52.5 Å². The van der Waals surface area contributed by atoms with Gasteiger partial charge < -0.3 is 20.5 Å². The van der Waals surface area contributed by atoms with Crippen LogP contribution in [0.5, 0.6) is 11.5 Å². The molecule has 2 heterocycles. The van der Waals surface area contributed by atoms with Crippen molar-refractivity contribution in [2.45, 2.75) is 39.0 Å². The molecular formula is C22H24N2O4S. The molecule has 29 heavy (non-hydrogen) atoms. The van der Waals surface area contributed by atoms with Gasteiger partial charge in [-0.1, -0.05) is 25.8 Å². The van der Waals surface area contributed by atoms with Crippen molar-refractivity contribution in [3.05, 3.63) is 45.8 Å². The van der Waals surface area contributed by atoms with Gasteiger partial charge in [0.15, 0.2) is 11.5 Å². The van der Waals surface area contributed by atoms with E-state index in [0.717, 1.165) is 36.8 Å². The number of anilines is 1. The molecule has 1 aromatic carbocycles. The molecule has 2 amide bonds. The lowest BCUT2D eigenvalue weighted by molar-refractivity contribution is -0.111. The van der Waals surface area contributed by atoms with Crippen LogP contribution in [0, 0.1) is 5.92 Å². The summed E-state index contributed by atoms with van der Waals surface area (Å²) in [5.74, 6) is 1.22. The lowest BCUT2D eigenvalue weighted by Crippen LogP contribution is -2.19. The van der Waals surface area contributed by atoms with Gasteiger partial charge in [0.05, 0.1) is 5.56 Å². The van der Waals surface area contributed by atoms with Crippen molar-refractivity contribution >= 4 is 34.2 Å². The van der Waals surface area contributed by atoms with Crippen LogP contribution < -0.4 is 20.5 Å². The molecule has 1 aromatic heterocycles. The number of carbonyl (C=O) groups excluding carboxylic acids is 2. The summed E-state index contributed by atoms with van der Waals surface area (Å²) in [6, 6.07) is 5.48. The van der Waals surface area contributed by atoms with Crippen molar-refractivity contribution in [1.82, 2.24) is 0 Å². The molecule has 2 aromatic rings. The largest absolute Gasteiger partial charge is 0.454 e. The van der Waals surface area contributed by atoms with Gasteiger partial charge in [0.2, 0.25) is 12.7 Å². The summed E-state index contributed by atoms with van der Waals surface area (Å²) < 4.78 is 10.6. The van der Waals surface area contributed by atoms with Crippen LogP contribution in [0.3, 0.4) is 0 Å². The molecule has 0 saturated carbocycles. The third kappa shape index (κ3) is 4.15. The lowest BCUT2D eigenvalue weighted by Gasteiger charge is -2.21. The SMILES string of the molecule is CCC[C@H]1CCc2c(sc(NC(=O)/C=C/c3ccc4c(c3)OCO4)c2C(N)=O)C1. The quantitative estimate of drug-likeness (QED) is 0.698. The molecule has 1 atom stereocenters. The second kappa shape index (κ2) is 8.29. The number of fused-ring (bicyclic) bond motifs is 2. The summed E-state index contributed by atoms with van der Waals surface area (Å²) in [4.78, 5) is 25.7. The van der Waals surface area contributed by atoms with Crippen molar-refractivity contribution < 1.29 is 19.1 Å². The van der Waals surface area contributed by atoms with E-state index in [9.17, 15) is 9.59 Å². The molecule has 7 heteroatoms. The fraction of sp³-hybridized carbons (Fsp3) is 0.364. The zero-order valence-electron chi connectivity index (χ0n) is 16.3. The number of ether oxygens (including phenoxy) is 2. The Labute approximate surface area is 173 Å². The van der Waals surface area contributed by atoms with Crippen molar-refractivity contribution in [2.75, 3.05) is 12.1 Å². The minimum Gasteiger partial charge on any atom is -0.454 e. The maximum absolute atomic E-state index is 12.5. The Morgan fingerprint density at radius 1 is 1.31 bits per heavy atom. The third-order valence-corrected chi connectivity index (χ3v) is 6.54. The Morgan fingerprint density at radius 3 is 2.93 bits per heavy atom. The van der Waals surface area contributed by atoms with Crippen LogP contribution in [0.2, 0.25) is 0 Å². The van der Waals surface area contributed by atoms with E-state index in [-0.39, 0.29) is 12.7 Å². The van der Waals surface area contributed by atoms with Crippen LogP contribution >= 0.6 is 11.3 Å². The highest BCUT2D eigenvalue weighted by Crippen LogP contribution is 2.40. The number of benzene rings is 1. The summed E-state index contributed by atoms with van der Waals surface area (Å²) in [5, 5.41) is 3.41. The standard InChI is InChI=1S/C22H24N2O4S/c1-2-3-13-4-7-15-18(11-13)29-22(20(15)21(23)26)24-19(25)9-6-14-5-8-16-17(10-14)28-12-27-16/h5-6,8-10,13H,2-4,7,11-12H2,1H3,(H2,23,26)(H,24,25)/b9-6+/t13-/m0/s1. The van der Waals surface area contributed by atoms with Crippen molar-refractivity contribution in [3.63, 3.8) is 0 Å². The van der Waals surface area contributed by atoms with Crippen molar-refractivity contribution in [2.24, 2.45) is 11.7 Å². The van der Waals surface area contributed by atoms with E-state index in [1.165, 1.54) is 28.7 Å². The number of nitrogens with one attached hydrogen (secondary N) is 1. The van der Waals surface area contributed by atoms with Crippen LogP contribution in [-0.4, -0.2) is 18.6 Å². The van der Waals surface area contributed by atoms with Gasteiger partial charge >= 0.3 is 0 Å². The highest BCUT2D eigenvalue weighted by atomic mass is 32.1. The lowest BCUT2D eigenvalue weighted by atomic mass is 9.84.